The molecule has 1 rings (SSSR count). The van der Waals surface area contributed by atoms with Crippen LogP contribution < -0.4 is 5.32 Å². The van der Waals surface area contributed by atoms with Gasteiger partial charge in [-0.1, -0.05) is 6.92 Å². The Morgan fingerprint density at radius 1 is 1.33 bits per heavy atom. The van der Waals surface area contributed by atoms with E-state index in [2.05, 4.69) is 43.0 Å². The lowest BCUT2D eigenvalue weighted by Gasteiger charge is -2.30. The van der Waals surface area contributed by atoms with Crippen LogP contribution in [0.1, 0.15) is 40.3 Å². The highest BCUT2D eigenvalue weighted by molar-refractivity contribution is 5.59. The molecule has 0 saturated heterocycles. The number of nitrogens with zero attached hydrogens (tertiary/aromatic N) is 4. The maximum absolute atomic E-state index is 11.2. The summed E-state index contributed by atoms with van der Waals surface area (Å²) < 4.78 is 1.56. The van der Waals surface area contributed by atoms with Gasteiger partial charge in [0.1, 0.15) is 5.69 Å². The molecular formula is C14H27N5O2. The van der Waals surface area contributed by atoms with Gasteiger partial charge in [0, 0.05) is 32.2 Å². The Morgan fingerprint density at radius 2 is 1.90 bits per heavy atom. The second-order valence-electron chi connectivity index (χ2n) is 5.73. The van der Waals surface area contributed by atoms with Gasteiger partial charge >= 0.3 is 5.69 Å². The van der Waals surface area contributed by atoms with Gasteiger partial charge < -0.3 is 5.32 Å². The number of hydrogen-bond acceptors (Lipinski definition) is 5. The van der Waals surface area contributed by atoms with Gasteiger partial charge in [0.2, 0.25) is 5.82 Å². The first-order valence-corrected chi connectivity index (χ1v) is 7.49. The number of nitro groups is 1. The minimum atomic E-state index is -0.350. The van der Waals surface area contributed by atoms with E-state index in [9.17, 15) is 10.1 Å². The number of nitrogens with one attached hydrogen (secondary N) is 1. The van der Waals surface area contributed by atoms with E-state index in [1.54, 1.807) is 11.7 Å². The fourth-order valence-corrected chi connectivity index (χ4v) is 2.61. The van der Waals surface area contributed by atoms with Crippen molar-refractivity contribution in [3.63, 3.8) is 0 Å². The SMILES string of the molecule is CCc1nn(C)c(NCCN(C(C)C)C(C)C)c1[N+](=O)[O-]. The summed E-state index contributed by atoms with van der Waals surface area (Å²) in [6, 6.07) is 0.888. The lowest BCUT2D eigenvalue weighted by atomic mass is 10.2. The minimum Gasteiger partial charge on any atom is -0.363 e. The van der Waals surface area contributed by atoms with Crippen LogP contribution in [0, 0.1) is 10.1 Å². The van der Waals surface area contributed by atoms with Crippen LogP contribution in [0.4, 0.5) is 11.5 Å². The second kappa shape index (κ2) is 7.40. The molecule has 0 radical (unpaired) electrons. The highest BCUT2D eigenvalue weighted by atomic mass is 16.6. The maximum Gasteiger partial charge on any atom is 0.333 e. The first-order valence-electron chi connectivity index (χ1n) is 7.49. The van der Waals surface area contributed by atoms with E-state index < -0.39 is 0 Å². The van der Waals surface area contributed by atoms with Crippen LogP contribution in [0.2, 0.25) is 0 Å². The first-order chi connectivity index (χ1) is 9.79. The van der Waals surface area contributed by atoms with Crippen LogP contribution in [0.15, 0.2) is 0 Å². The molecule has 0 saturated carbocycles. The molecule has 0 aliphatic rings. The van der Waals surface area contributed by atoms with Crippen LogP contribution >= 0.6 is 0 Å². The molecule has 0 spiro atoms. The summed E-state index contributed by atoms with van der Waals surface area (Å²) in [5, 5.41) is 18.6. The molecule has 120 valence electrons. The van der Waals surface area contributed by atoms with Gasteiger partial charge in [0.25, 0.3) is 0 Å². The molecular weight excluding hydrogens is 270 g/mol. The molecule has 0 fully saturated rings. The lowest BCUT2D eigenvalue weighted by molar-refractivity contribution is -0.384. The summed E-state index contributed by atoms with van der Waals surface area (Å²) in [5.74, 6) is 0.490. The molecule has 7 heteroatoms. The van der Waals surface area contributed by atoms with Crippen molar-refractivity contribution in [2.75, 3.05) is 18.4 Å². The lowest BCUT2D eigenvalue weighted by Crippen LogP contribution is -2.40. The Hall–Kier alpha value is -1.63. The number of hydrogen-bond donors (Lipinski definition) is 1. The predicted octanol–water partition coefficient (Wildman–Crippen LogP) is 2.42. The minimum absolute atomic E-state index is 0.0978. The van der Waals surface area contributed by atoms with E-state index in [1.807, 2.05) is 6.92 Å². The Bertz CT molecular complexity index is 474. The third-order valence-corrected chi connectivity index (χ3v) is 3.60. The zero-order chi connectivity index (χ0) is 16.2. The molecule has 1 N–H and O–H groups in total. The van der Waals surface area contributed by atoms with Crippen molar-refractivity contribution in [1.82, 2.24) is 14.7 Å². The molecule has 21 heavy (non-hydrogen) atoms. The largest absolute Gasteiger partial charge is 0.363 e. The van der Waals surface area contributed by atoms with Crippen LogP contribution in [-0.2, 0) is 13.5 Å². The van der Waals surface area contributed by atoms with Gasteiger partial charge in [0.15, 0.2) is 0 Å². The van der Waals surface area contributed by atoms with Crippen LogP contribution in [0.25, 0.3) is 0 Å². The fraction of sp³-hybridized carbons (Fsp3) is 0.786. The molecule has 0 aliphatic heterocycles. The van der Waals surface area contributed by atoms with Crippen LogP contribution in [-0.4, -0.2) is 44.8 Å². The van der Waals surface area contributed by atoms with Gasteiger partial charge in [-0.3, -0.25) is 15.0 Å². The highest BCUT2D eigenvalue weighted by Crippen LogP contribution is 2.28. The third-order valence-electron chi connectivity index (χ3n) is 3.60. The normalized spacial score (nSPS) is 11.7. The molecule has 7 nitrogen and oxygen atoms in total. The van der Waals surface area contributed by atoms with Gasteiger partial charge in [0.05, 0.1) is 4.92 Å². The Labute approximate surface area is 126 Å². The summed E-state index contributed by atoms with van der Waals surface area (Å²) in [4.78, 5) is 13.2. The van der Waals surface area contributed by atoms with Crippen molar-refractivity contribution in [1.29, 1.82) is 0 Å². The fourth-order valence-electron chi connectivity index (χ4n) is 2.61. The molecule has 0 atom stereocenters. The van der Waals surface area contributed by atoms with E-state index >= 15 is 0 Å². The smallest absolute Gasteiger partial charge is 0.333 e. The average molecular weight is 297 g/mol. The molecule has 0 bridgehead atoms. The molecule has 0 aliphatic carbocycles. The zero-order valence-corrected chi connectivity index (χ0v) is 13.9. The number of aryl methyl sites for hydroxylation is 2. The van der Waals surface area contributed by atoms with E-state index in [-0.39, 0.29) is 10.6 Å². The molecule has 0 aromatic carbocycles. The maximum atomic E-state index is 11.2. The van der Waals surface area contributed by atoms with Gasteiger partial charge in [-0.2, -0.15) is 5.10 Å². The number of anilines is 1. The summed E-state index contributed by atoms with van der Waals surface area (Å²) in [5.41, 5.74) is 0.621. The highest BCUT2D eigenvalue weighted by Gasteiger charge is 2.25. The van der Waals surface area contributed by atoms with Crippen molar-refractivity contribution in [3.05, 3.63) is 15.8 Å². The van der Waals surface area contributed by atoms with Crippen molar-refractivity contribution < 1.29 is 4.92 Å². The van der Waals surface area contributed by atoms with E-state index in [0.29, 0.717) is 36.6 Å². The summed E-state index contributed by atoms with van der Waals surface area (Å²) in [6.45, 7) is 12.0. The van der Waals surface area contributed by atoms with Crippen molar-refractivity contribution in [2.45, 2.75) is 53.1 Å². The van der Waals surface area contributed by atoms with Crippen molar-refractivity contribution >= 4 is 11.5 Å². The number of rotatable bonds is 8. The topological polar surface area (TPSA) is 76.2 Å². The van der Waals surface area contributed by atoms with Crippen LogP contribution in [0.3, 0.4) is 0 Å². The molecule has 0 unspecified atom stereocenters. The Balaban J connectivity index is 2.80. The van der Waals surface area contributed by atoms with Crippen LogP contribution in [0.5, 0.6) is 0 Å². The first kappa shape index (κ1) is 17.4. The molecule has 1 heterocycles. The van der Waals surface area contributed by atoms with E-state index in [1.165, 1.54) is 0 Å². The van der Waals surface area contributed by atoms with E-state index in [0.717, 1.165) is 6.54 Å². The van der Waals surface area contributed by atoms with Gasteiger partial charge in [-0.15, -0.1) is 0 Å². The monoisotopic (exact) mass is 297 g/mol. The van der Waals surface area contributed by atoms with Crippen molar-refractivity contribution in [3.8, 4) is 0 Å². The quantitative estimate of drug-likeness (QED) is 0.589. The zero-order valence-electron chi connectivity index (χ0n) is 13.9. The summed E-state index contributed by atoms with van der Waals surface area (Å²) in [6.07, 6.45) is 0.552. The van der Waals surface area contributed by atoms with Gasteiger partial charge in [-0.25, -0.2) is 4.68 Å². The Morgan fingerprint density at radius 3 is 2.33 bits per heavy atom. The summed E-state index contributed by atoms with van der Waals surface area (Å²) >= 11 is 0. The standard InChI is InChI=1S/C14H27N5O2/c1-7-12-13(19(20)21)14(17(6)16-12)15-8-9-18(10(2)3)11(4)5/h10-11,15H,7-9H2,1-6H3. The second-order valence-corrected chi connectivity index (χ2v) is 5.73. The average Bonchev–Trinajstić information content (AvgIpc) is 2.70. The number of aromatic nitrogens is 2. The third kappa shape index (κ3) is 4.17. The molecule has 1 aromatic rings. The predicted molar refractivity (Wildman–Crippen MR) is 84.7 cm³/mol. The van der Waals surface area contributed by atoms with E-state index in [4.69, 9.17) is 0 Å². The Kier molecular flexibility index (Phi) is 6.14. The van der Waals surface area contributed by atoms with Crippen molar-refractivity contribution in [2.24, 2.45) is 7.05 Å². The molecule has 1 aromatic heterocycles. The summed E-state index contributed by atoms with van der Waals surface area (Å²) in [7, 11) is 1.73. The molecule has 0 amide bonds. The van der Waals surface area contributed by atoms with Gasteiger partial charge in [-0.05, 0) is 34.1 Å².